The number of hydrogen-bond donors (Lipinski definition) is 1. The van der Waals surface area contributed by atoms with Crippen LogP contribution in [0.4, 0.5) is 0 Å². The first-order valence-electron chi connectivity index (χ1n) is 7.60. The highest BCUT2D eigenvalue weighted by molar-refractivity contribution is 5.84. The topological polar surface area (TPSA) is 30.9 Å². The largest absolute Gasteiger partial charge is 0.343 e. The van der Waals surface area contributed by atoms with Gasteiger partial charge in [-0.05, 0) is 37.0 Å². The molecule has 0 saturated carbocycles. The SMILES string of the molecule is C[C@H](N)CCc1cn(Cc2ccccc2)c2ccccc12. The zero-order valence-corrected chi connectivity index (χ0v) is 12.5. The number of benzene rings is 2. The molecule has 2 heteroatoms. The molecule has 2 nitrogen and oxygen atoms in total. The number of rotatable bonds is 5. The molecule has 0 fully saturated rings. The maximum absolute atomic E-state index is 5.91. The van der Waals surface area contributed by atoms with Gasteiger partial charge in [-0.25, -0.2) is 0 Å². The Kier molecular flexibility index (Phi) is 4.07. The van der Waals surface area contributed by atoms with E-state index < -0.39 is 0 Å². The van der Waals surface area contributed by atoms with E-state index in [1.165, 1.54) is 22.0 Å². The standard InChI is InChI=1S/C19H22N2/c1-15(20)11-12-17-14-21(13-16-7-3-2-4-8-16)19-10-6-5-9-18(17)19/h2-10,14-15H,11-13,20H2,1H3/t15-/m0/s1. The number of nitrogens with zero attached hydrogens (tertiary/aromatic N) is 1. The van der Waals surface area contributed by atoms with Crippen LogP contribution in [0.5, 0.6) is 0 Å². The summed E-state index contributed by atoms with van der Waals surface area (Å²) in [5, 5.41) is 1.36. The Labute approximate surface area is 126 Å². The zero-order chi connectivity index (χ0) is 14.7. The number of para-hydroxylation sites is 1. The summed E-state index contributed by atoms with van der Waals surface area (Å²) < 4.78 is 2.35. The van der Waals surface area contributed by atoms with E-state index in [9.17, 15) is 0 Å². The molecule has 2 N–H and O–H groups in total. The highest BCUT2D eigenvalue weighted by Gasteiger charge is 2.09. The lowest BCUT2D eigenvalue weighted by molar-refractivity contribution is 0.666. The number of aromatic nitrogens is 1. The van der Waals surface area contributed by atoms with Crippen LogP contribution in [0.2, 0.25) is 0 Å². The van der Waals surface area contributed by atoms with Crippen LogP contribution in [0, 0.1) is 0 Å². The molecule has 1 atom stereocenters. The molecule has 0 aliphatic heterocycles. The van der Waals surface area contributed by atoms with Crippen LogP contribution in [-0.2, 0) is 13.0 Å². The number of hydrogen-bond acceptors (Lipinski definition) is 1. The summed E-state index contributed by atoms with van der Waals surface area (Å²) in [7, 11) is 0. The summed E-state index contributed by atoms with van der Waals surface area (Å²) >= 11 is 0. The van der Waals surface area contributed by atoms with Crippen LogP contribution in [-0.4, -0.2) is 10.6 Å². The van der Waals surface area contributed by atoms with Gasteiger partial charge in [-0.15, -0.1) is 0 Å². The fourth-order valence-electron chi connectivity index (χ4n) is 2.82. The third-order valence-corrected chi connectivity index (χ3v) is 3.94. The fraction of sp³-hybridized carbons (Fsp3) is 0.263. The van der Waals surface area contributed by atoms with E-state index >= 15 is 0 Å². The van der Waals surface area contributed by atoms with Crippen molar-refractivity contribution in [2.24, 2.45) is 5.73 Å². The zero-order valence-electron chi connectivity index (χ0n) is 12.5. The van der Waals surface area contributed by atoms with Crippen molar-refractivity contribution in [3.8, 4) is 0 Å². The summed E-state index contributed by atoms with van der Waals surface area (Å²) in [5.41, 5.74) is 9.95. The fourth-order valence-corrected chi connectivity index (χ4v) is 2.82. The number of nitrogens with two attached hydrogens (primary N) is 1. The van der Waals surface area contributed by atoms with Crippen LogP contribution in [0.15, 0.2) is 60.8 Å². The van der Waals surface area contributed by atoms with Crippen LogP contribution in [0.25, 0.3) is 10.9 Å². The molecule has 0 aliphatic rings. The molecule has 3 rings (SSSR count). The molecule has 1 heterocycles. The molecule has 0 unspecified atom stereocenters. The third-order valence-electron chi connectivity index (χ3n) is 3.94. The van der Waals surface area contributed by atoms with Gasteiger partial charge in [0.15, 0.2) is 0 Å². The van der Waals surface area contributed by atoms with E-state index in [-0.39, 0.29) is 6.04 Å². The first kappa shape index (κ1) is 13.9. The van der Waals surface area contributed by atoms with Gasteiger partial charge >= 0.3 is 0 Å². The van der Waals surface area contributed by atoms with Gasteiger partial charge in [0, 0.05) is 29.7 Å². The summed E-state index contributed by atoms with van der Waals surface area (Å²) in [4.78, 5) is 0. The smallest absolute Gasteiger partial charge is 0.0486 e. The second kappa shape index (κ2) is 6.15. The predicted molar refractivity (Wildman–Crippen MR) is 89.5 cm³/mol. The minimum atomic E-state index is 0.251. The molecule has 2 aromatic carbocycles. The van der Waals surface area contributed by atoms with Crippen molar-refractivity contribution in [3.05, 3.63) is 71.9 Å². The molecule has 3 aromatic rings. The lowest BCUT2D eigenvalue weighted by Gasteiger charge is -2.05. The lowest BCUT2D eigenvalue weighted by Crippen LogP contribution is -2.15. The predicted octanol–water partition coefficient (Wildman–Crippen LogP) is 3.97. The van der Waals surface area contributed by atoms with Gasteiger partial charge < -0.3 is 10.3 Å². The number of aryl methyl sites for hydroxylation is 1. The Morgan fingerprint density at radius 2 is 1.71 bits per heavy atom. The lowest BCUT2D eigenvalue weighted by atomic mass is 10.1. The quantitative estimate of drug-likeness (QED) is 0.752. The van der Waals surface area contributed by atoms with Crippen molar-refractivity contribution < 1.29 is 0 Å². The van der Waals surface area contributed by atoms with Gasteiger partial charge in [0.2, 0.25) is 0 Å². The minimum Gasteiger partial charge on any atom is -0.343 e. The summed E-state index contributed by atoms with van der Waals surface area (Å²) in [6.45, 7) is 2.99. The molecule has 0 amide bonds. The Morgan fingerprint density at radius 1 is 1.00 bits per heavy atom. The average molecular weight is 278 g/mol. The molecular formula is C19H22N2. The van der Waals surface area contributed by atoms with Crippen molar-refractivity contribution in [1.82, 2.24) is 4.57 Å². The van der Waals surface area contributed by atoms with Crippen molar-refractivity contribution >= 4 is 10.9 Å². The van der Waals surface area contributed by atoms with E-state index in [4.69, 9.17) is 5.73 Å². The van der Waals surface area contributed by atoms with E-state index in [2.05, 4.69) is 72.3 Å². The maximum Gasteiger partial charge on any atom is 0.0486 e. The summed E-state index contributed by atoms with van der Waals surface area (Å²) in [6.07, 6.45) is 4.36. The average Bonchev–Trinajstić information content (AvgIpc) is 2.85. The van der Waals surface area contributed by atoms with Gasteiger partial charge in [0.05, 0.1) is 0 Å². The van der Waals surface area contributed by atoms with E-state index in [0.29, 0.717) is 0 Å². The minimum absolute atomic E-state index is 0.251. The molecule has 0 radical (unpaired) electrons. The molecule has 0 aliphatic carbocycles. The second-order valence-electron chi connectivity index (χ2n) is 5.80. The molecule has 0 bridgehead atoms. The van der Waals surface area contributed by atoms with Crippen molar-refractivity contribution in [3.63, 3.8) is 0 Å². The molecule has 108 valence electrons. The highest BCUT2D eigenvalue weighted by Crippen LogP contribution is 2.23. The van der Waals surface area contributed by atoms with Gasteiger partial charge in [-0.3, -0.25) is 0 Å². The third kappa shape index (κ3) is 3.17. The van der Waals surface area contributed by atoms with E-state index in [1.807, 2.05) is 0 Å². The van der Waals surface area contributed by atoms with Crippen molar-refractivity contribution in [2.45, 2.75) is 32.4 Å². The Hall–Kier alpha value is -2.06. The molecule has 0 spiro atoms. The van der Waals surface area contributed by atoms with Crippen molar-refractivity contribution in [1.29, 1.82) is 0 Å². The summed E-state index contributed by atoms with van der Waals surface area (Å²) in [6, 6.07) is 19.5. The second-order valence-corrected chi connectivity index (χ2v) is 5.80. The number of fused-ring (bicyclic) bond motifs is 1. The normalized spacial score (nSPS) is 12.7. The summed E-state index contributed by atoms with van der Waals surface area (Å²) in [5.74, 6) is 0. The van der Waals surface area contributed by atoms with Gasteiger partial charge in [0.1, 0.15) is 0 Å². The molecule has 21 heavy (non-hydrogen) atoms. The Bertz CT molecular complexity index is 711. The first-order valence-corrected chi connectivity index (χ1v) is 7.60. The molecular weight excluding hydrogens is 256 g/mol. The van der Waals surface area contributed by atoms with Gasteiger partial charge in [0.25, 0.3) is 0 Å². The van der Waals surface area contributed by atoms with Gasteiger partial charge in [-0.2, -0.15) is 0 Å². The van der Waals surface area contributed by atoms with Crippen LogP contribution in [0.3, 0.4) is 0 Å². The van der Waals surface area contributed by atoms with Crippen molar-refractivity contribution in [2.75, 3.05) is 0 Å². The van der Waals surface area contributed by atoms with Crippen LogP contribution >= 0.6 is 0 Å². The van der Waals surface area contributed by atoms with E-state index in [1.54, 1.807) is 0 Å². The maximum atomic E-state index is 5.91. The first-order chi connectivity index (χ1) is 10.2. The Balaban J connectivity index is 1.95. The Morgan fingerprint density at radius 3 is 2.48 bits per heavy atom. The molecule has 1 aromatic heterocycles. The highest BCUT2D eigenvalue weighted by atomic mass is 15.0. The monoisotopic (exact) mass is 278 g/mol. The molecule has 0 saturated heterocycles. The van der Waals surface area contributed by atoms with Gasteiger partial charge in [-0.1, -0.05) is 48.5 Å². The van der Waals surface area contributed by atoms with E-state index in [0.717, 1.165) is 19.4 Å². The van der Waals surface area contributed by atoms with Crippen LogP contribution < -0.4 is 5.73 Å². The van der Waals surface area contributed by atoms with Crippen LogP contribution in [0.1, 0.15) is 24.5 Å².